The van der Waals surface area contributed by atoms with Gasteiger partial charge in [-0.25, -0.2) is 0 Å². The average Bonchev–Trinajstić information content (AvgIpc) is 2.81. The van der Waals surface area contributed by atoms with E-state index in [1.807, 2.05) is 36.8 Å². The number of halogens is 1. The topological polar surface area (TPSA) is 24.9 Å². The van der Waals surface area contributed by atoms with E-state index in [2.05, 4.69) is 44.4 Å². The zero-order valence-corrected chi connectivity index (χ0v) is 12.8. The first kappa shape index (κ1) is 13.7. The summed E-state index contributed by atoms with van der Waals surface area (Å²) >= 11 is 5.33. The van der Waals surface area contributed by atoms with Crippen LogP contribution < -0.4 is 5.32 Å². The van der Waals surface area contributed by atoms with Gasteiger partial charge in [0.2, 0.25) is 0 Å². The van der Waals surface area contributed by atoms with Gasteiger partial charge in [-0.1, -0.05) is 6.07 Å². The molecule has 0 aliphatic carbocycles. The summed E-state index contributed by atoms with van der Waals surface area (Å²) in [5.74, 6) is 0. The number of thiophene rings is 1. The van der Waals surface area contributed by atoms with Gasteiger partial charge in [-0.15, -0.1) is 11.3 Å². The molecule has 4 heteroatoms. The van der Waals surface area contributed by atoms with Crippen LogP contribution in [-0.2, 0) is 12.8 Å². The smallest absolute Gasteiger partial charge is 0.0701 e. The third-order valence-corrected chi connectivity index (χ3v) is 4.63. The Morgan fingerprint density at radius 3 is 2.89 bits per heavy atom. The molecule has 1 N–H and O–H groups in total. The van der Waals surface area contributed by atoms with Crippen LogP contribution in [0.2, 0.25) is 0 Å². The minimum absolute atomic E-state index is 0.524. The van der Waals surface area contributed by atoms with Crippen LogP contribution in [0.1, 0.15) is 16.9 Å². The molecule has 0 aliphatic heterocycles. The molecule has 2 aromatic heterocycles. The second-order valence-corrected chi connectivity index (χ2v) is 6.84. The standard InChI is InChI=1S/C14H17BrN2S/c1-16-12(9-13-6-7-14(15)18-13)5-4-11-3-2-8-17-10-11/h2-3,6-8,10,12,16H,4-5,9H2,1H3. The van der Waals surface area contributed by atoms with Crippen molar-refractivity contribution >= 4 is 27.3 Å². The molecule has 1 unspecified atom stereocenters. The molecule has 96 valence electrons. The summed E-state index contributed by atoms with van der Waals surface area (Å²) in [6, 6.07) is 8.98. The van der Waals surface area contributed by atoms with Crippen LogP contribution in [-0.4, -0.2) is 18.1 Å². The fourth-order valence-corrected chi connectivity index (χ4v) is 3.50. The van der Waals surface area contributed by atoms with Gasteiger partial charge in [0.05, 0.1) is 3.79 Å². The molecule has 2 nitrogen and oxygen atoms in total. The molecule has 0 spiro atoms. The van der Waals surface area contributed by atoms with Crippen molar-refractivity contribution in [2.45, 2.75) is 25.3 Å². The summed E-state index contributed by atoms with van der Waals surface area (Å²) in [6.07, 6.45) is 7.08. The summed E-state index contributed by atoms with van der Waals surface area (Å²) < 4.78 is 1.21. The van der Waals surface area contributed by atoms with Crippen LogP contribution in [0.15, 0.2) is 40.4 Å². The third-order valence-electron chi connectivity index (χ3n) is 2.99. The SMILES string of the molecule is CNC(CCc1cccnc1)Cc1ccc(Br)s1. The van der Waals surface area contributed by atoms with E-state index in [0.717, 1.165) is 19.3 Å². The summed E-state index contributed by atoms with van der Waals surface area (Å²) in [5, 5.41) is 3.40. The normalized spacial score (nSPS) is 12.6. The minimum Gasteiger partial charge on any atom is -0.317 e. The van der Waals surface area contributed by atoms with Gasteiger partial charge in [0, 0.05) is 23.3 Å². The van der Waals surface area contributed by atoms with E-state index in [1.165, 1.54) is 14.2 Å². The lowest BCUT2D eigenvalue weighted by Gasteiger charge is -2.15. The molecule has 18 heavy (non-hydrogen) atoms. The highest BCUT2D eigenvalue weighted by atomic mass is 79.9. The van der Waals surface area contributed by atoms with Crippen molar-refractivity contribution in [1.82, 2.24) is 10.3 Å². The van der Waals surface area contributed by atoms with E-state index in [1.54, 1.807) is 0 Å². The van der Waals surface area contributed by atoms with Crippen LogP contribution >= 0.6 is 27.3 Å². The molecule has 0 amide bonds. The number of hydrogen-bond acceptors (Lipinski definition) is 3. The fourth-order valence-electron chi connectivity index (χ4n) is 1.94. The van der Waals surface area contributed by atoms with Gasteiger partial charge in [-0.2, -0.15) is 0 Å². The van der Waals surface area contributed by atoms with Crippen molar-refractivity contribution in [3.8, 4) is 0 Å². The maximum atomic E-state index is 4.15. The molecule has 0 saturated heterocycles. The molecular formula is C14H17BrN2S. The maximum Gasteiger partial charge on any atom is 0.0701 e. The summed E-state index contributed by atoms with van der Waals surface area (Å²) in [4.78, 5) is 5.57. The van der Waals surface area contributed by atoms with E-state index in [9.17, 15) is 0 Å². The Labute approximate surface area is 121 Å². The van der Waals surface area contributed by atoms with Crippen LogP contribution in [0, 0.1) is 0 Å². The van der Waals surface area contributed by atoms with E-state index >= 15 is 0 Å². The van der Waals surface area contributed by atoms with Crippen LogP contribution in [0.3, 0.4) is 0 Å². The third kappa shape index (κ3) is 4.19. The number of pyridine rings is 1. The van der Waals surface area contributed by atoms with Gasteiger partial charge < -0.3 is 5.32 Å². The molecule has 2 aromatic rings. The number of hydrogen-bond donors (Lipinski definition) is 1. The summed E-state index contributed by atoms with van der Waals surface area (Å²) in [5.41, 5.74) is 1.31. The summed E-state index contributed by atoms with van der Waals surface area (Å²) in [7, 11) is 2.04. The number of likely N-dealkylation sites (N-methyl/N-ethyl adjacent to an activating group) is 1. The Hall–Kier alpha value is -0.710. The lowest BCUT2D eigenvalue weighted by atomic mass is 10.0. The van der Waals surface area contributed by atoms with Gasteiger partial charge in [-0.3, -0.25) is 4.98 Å². The first-order valence-electron chi connectivity index (χ1n) is 6.08. The predicted octanol–water partition coefficient (Wildman–Crippen LogP) is 3.67. The van der Waals surface area contributed by atoms with E-state index in [4.69, 9.17) is 0 Å². The maximum absolute atomic E-state index is 4.15. The molecule has 0 saturated carbocycles. The minimum atomic E-state index is 0.524. The van der Waals surface area contributed by atoms with E-state index in [-0.39, 0.29) is 0 Å². The Morgan fingerprint density at radius 2 is 2.28 bits per heavy atom. The van der Waals surface area contributed by atoms with Gasteiger partial charge >= 0.3 is 0 Å². The van der Waals surface area contributed by atoms with Crippen molar-refractivity contribution in [3.63, 3.8) is 0 Å². The van der Waals surface area contributed by atoms with Crippen molar-refractivity contribution in [2.75, 3.05) is 7.05 Å². The van der Waals surface area contributed by atoms with E-state index < -0.39 is 0 Å². The number of nitrogens with zero attached hydrogens (tertiary/aromatic N) is 1. The predicted molar refractivity (Wildman–Crippen MR) is 81.1 cm³/mol. The largest absolute Gasteiger partial charge is 0.317 e. The number of nitrogens with one attached hydrogen (secondary N) is 1. The van der Waals surface area contributed by atoms with Gasteiger partial charge in [-0.05, 0) is 66.0 Å². The quantitative estimate of drug-likeness (QED) is 0.876. The molecule has 2 rings (SSSR count). The molecular weight excluding hydrogens is 308 g/mol. The molecule has 1 atom stereocenters. The van der Waals surface area contributed by atoms with Crippen molar-refractivity contribution in [3.05, 3.63) is 50.9 Å². The Morgan fingerprint density at radius 1 is 1.39 bits per heavy atom. The van der Waals surface area contributed by atoms with E-state index in [0.29, 0.717) is 6.04 Å². The Bertz CT molecular complexity index is 470. The first-order chi connectivity index (χ1) is 8.78. The molecule has 0 fully saturated rings. The highest BCUT2D eigenvalue weighted by Crippen LogP contribution is 2.23. The van der Waals surface area contributed by atoms with Crippen LogP contribution in [0.5, 0.6) is 0 Å². The van der Waals surface area contributed by atoms with Crippen molar-refractivity contribution in [2.24, 2.45) is 0 Å². The van der Waals surface area contributed by atoms with Gasteiger partial charge in [0.15, 0.2) is 0 Å². The first-order valence-corrected chi connectivity index (χ1v) is 7.69. The monoisotopic (exact) mass is 324 g/mol. The average molecular weight is 325 g/mol. The van der Waals surface area contributed by atoms with Crippen LogP contribution in [0.25, 0.3) is 0 Å². The van der Waals surface area contributed by atoms with Crippen LogP contribution in [0.4, 0.5) is 0 Å². The number of rotatable bonds is 6. The Balaban J connectivity index is 1.86. The number of aryl methyl sites for hydroxylation is 1. The molecule has 0 bridgehead atoms. The lowest BCUT2D eigenvalue weighted by molar-refractivity contribution is 0.523. The highest BCUT2D eigenvalue weighted by Gasteiger charge is 2.09. The zero-order valence-electron chi connectivity index (χ0n) is 10.4. The number of aromatic nitrogens is 1. The zero-order chi connectivity index (χ0) is 12.8. The highest BCUT2D eigenvalue weighted by molar-refractivity contribution is 9.11. The Kier molecular flexibility index (Phi) is 5.35. The lowest BCUT2D eigenvalue weighted by Crippen LogP contribution is -2.27. The van der Waals surface area contributed by atoms with Crippen molar-refractivity contribution < 1.29 is 0 Å². The second kappa shape index (κ2) is 7.02. The fraction of sp³-hybridized carbons (Fsp3) is 0.357. The molecule has 0 aliphatic rings. The van der Waals surface area contributed by atoms with Gasteiger partial charge in [0.1, 0.15) is 0 Å². The summed E-state index contributed by atoms with van der Waals surface area (Å²) in [6.45, 7) is 0. The van der Waals surface area contributed by atoms with Crippen molar-refractivity contribution in [1.29, 1.82) is 0 Å². The second-order valence-electron chi connectivity index (χ2n) is 4.30. The molecule has 0 aromatic carbocycles. The molecule has 0 radical (unpaired) electrons. The molecule has 2 heterocycles. The van der Waals surface area contributed by atoms with Gasteiger partial charge in [0.25, 0.3) is 0 Å².